The molecule has 3 nitrogen and oxygen atoms in total. The summed E-state index contributed by atoms with van der Waals surface area (Å²) in [4.78, 5) is 0. The summed E-state index contributed by atoms with van der Waals surface area (Å²) >= 11 is 9.57. The maximum absolute atomic E-state index is 6.03. The van der Waals surface area contributed by atoms with Gasteiger partial charge in [-0.2, -0.15) is 5.10 Å². The van der Waals surface area contributed by atoms with Crippen LogP contribution in [0.1, 0.15) is 5.56 Å². The second kappa shape index (κ2) is 6.33. The molecule has 1 heterocycles. The molecule has 0 aliphatic rings. The van der Waals surface area contributed by atoms with Crippen LogP contribution in [0.3, 0.4) is 0 Å². The lowest BCUT2D eigenvalue weighted by molar-refractivity contribution is 0.880. The largest absolute Gasteiger partial charge is 0.381 e. The molecular weight excluding hydrogens is 350 g/mol. The van der Waals surface area contributed by atoms with Gasteiger partial charge in [-0.05, 0) is 48.0 Å². The first-order valence-electron chi connectivity index (χ1n) is 6.50. The van der Waals surface area contributed by atoms with Gasteiger partial charge in [-0.1, -0.05) is 33.6 Å². The van der Waals surface area contributed by atoms with Gasteiger partial charge in [-0.25, -0.2) is 4.68 Å². The lowest BCUT2D eigenvalue weighted by Gasteiger charge is -2.10. The third-order valence-corrected chi connectivity index (χ3v) is 4.11. The van der Waals surface area contributed by atoms with Crippen molar-refractivity contribution in [3.05, 3.63) is 76.0 Å². The molecule has 0 saturated carbocycles. The molecule has 0 aliphatic carbocycles. The minimum Gasteiger partial charge on any atom is -0.381 e. The number of anilines is 1. The van der Waals surface area contributed by atoms with Gasteiger partial charge < -0.3 is 5.32 Å². The van der Waals surface area contributed by atoms with Gasteiger partial charge in [0, 0.05) is 34.1 Å². The molecule has 1 aromatic heterocycles. The number of aromatic nitrogens is 2. The Morgan fingerprint density at radius 3 is 2.86 bits per heavy atom. The highest BCUT2D eigenvalue weighted by molar-refractivity contribution is 9.10. The fourth-order valence-corrected chi connectivity index (χ4v) is 2.64. The molecule has 21 heavy (non-hydrogen) atoms. The first-order chi connectivity index (χ1) is 10.2. The van der Waals surface area contributed by atoms with Crippen molar-refractivity contribution in [1.29, 1.82) is 0 Å². The number of benzene rings is 2. The van der Waals surface area contributed by atoms with E-state index in [4.69, 9.17) is 11.6 Å². The average Bonchev–Trinajstić information content (AvgIpc) is 3.03. The van der Waals surface area contributed by atoms with Crippen LogP contribution >= 0.6 is 27.5 Å². The van der Waals surface area contributed by atoms with Crippen LogP contribution in [0.25, 0.3) is 5.69 Å². The number of rotatable bonds is 4. The molecule has 3 aromatic rings. The summed E-state index contributed by atoms with van der Waals surface area (Å²) in [5, 5.41) is 8.37. The summed E-state index contributed by atoms with van der Waals surface area (Å²) in [6.07, 6.45) is 3.69. The fourth-order valence-electron chi connectivity index (χ4n) is 2.06. The second-order valence-corrected chi connectivity index (χ2v) is 5.88. The molecular formula is C16H13BrClN3. The molecule has 0 saturated heterocycles. The molecule has 0 spiro atoms. The van der Waals surface area contributed by atoms with Crippen molar-refractivity contribution in [2.24, 2.45) is 0 Å². The van der Waals surface area contributed by atoms with Crippen molar-refractivity contribution < 1.29 is 0 Å². The zero-order chi connectivity index (χ0) is 14.7. The third kappa shape index (κ3) is 3.46. The Balaban J connectivity index is 1.76. The lowest BCUT2D eigenvalue weighted by Crippen LogP contribution is -2.01. The van der Waals surface area contributed by atoms with Gasteiger partial charge in [0.15, 0.2) is 0 Å². The molecule has 0 radical (unpaired) electrons. The smallest absolute Gasteiger partial charge is 0.0666 e. The second-order valence-electron chi connectivity index (χ2n) is 4.59. The maximum atomic E-state index is 6.03. The Labute approximate surface area is 136 Å². The molecule has 5 heteroatoms. The summed E-state index contributed by atoms with van der Waals surface area (Å²) in [6, 6.07) is 15.8. The van der Waals surface area contributed by atoms with Gasteiger partial charge in [0.1, 0.15) is 0 Å². The Morgan fingerprint density at radius 2 is 2.05 bits per heavy atom. The predicted molar refractivity (Wildman–Crippen MR) is 90.0 cm³/mol. The normalized spacial score (nSPS) is 10.6. The SMILES string of the molecule is Clc1ccc(Br)c(CNc2cccc(-n3cccn3)c2)c1. The molecule has 0 amide bonds. The van der Waals surface area contributed by atoms with E-state index in [1.807, 2.05) is 53.3 Å². The molecule has 0 bridgehead atoms. The van der Waals surface area contributed by atoms with Crippen LogP contribution in [0.5, 0.6) is 0 Å². The van der Waals surface area contributed by atoms with E-state index < -0.39 is 0 Å². The molecule has 106 valence electrons. The van der Waals surface area contributed by atoms with Gasteiger partial charge in [-0.3, -0.25) is 0 Å². The van der Waals surface area contributed by atoms with Crippen LogP contribution in [0.4, 0.5) is 5.69 Å². The minimum absolute atomic E-state index is 0.698. The van der Waals surface area contributed by atoms with Crippen molar-refractivity contribution in [3.63, 3.8) is 0 Å². The quantitative estimate of drug-likeness (QED) is 0.715. The molecule has 0 unspecified atom stereocenters. The van der Waals surface area contributed by atoms with Gasteiger partial charge in [0.05, 0.1) is 5.69 Å². The minimum atomic E-state index is 0.698. The van der Waals surface area contributed by atoms with Gasteiger partial charge in [0.2, 0.25) is 0 Å². The van der Waals surface area contributed by atoms with E-state index in [1.165, 1.54) is 0 Å². The van der Waals surface area contributed by atoms with Crippen LogP contribution < -0.4 is 5.32 Å². The highest BCUT2D eigenvalue weighted by Gasteiger charge is 2.02. The number of halogens is 2. The summed E-state index contributed by atoms with van der Waals surface area (Å²) in [6.45, 7) is 0.698. The van der Waals surface area contributed by atoms with E-state index in [1.54, 1.807) is 6.20 Å². The molecule has 1 N–H and O–H groups in total. The topological polar surface area (TPSA) is 29.9 Å². The van der Waals surface area contributed by atoms with Crippen molar-refractivity contribution in [3.8, 4) is 5.69 Å². The van der Waals surface area contributed by atoms with Crippen LogP contribution in [-0.4, -0.2) is 9.78 Å². The van der Waals surface area contributed by atoms with E-state index in [2.05, 4.69) is 32.4 Å². The zero-order valence-electron chi connectivity index (χ0n) is 11.1. The van der Waals surface area contributed by atoms with Crippen molar-refractivity contribution >= 4 is 33.2 Å². The summed E-state index contributed by atoms with van der Waals surface area (Å²) in [5.41, 5.74) is 3.18. The zero-order valence-corrected chi connectivity index (χ0v) is 13.5. The van der Waals surface area contributed by atoms with E-state index in [-0.39, 0.29) is 0 Å². The van der Waals surface area contributed by atoms with Gasteiger partial charge in [-0.15, -0.1) is 0 Å². The van der Waals surface area contributed by atoms with E-state index in [9.17, 15) is 0 Å². The average molecular weight is 363 g/mol. The number of hydrogen-bond donors (Lipinski definition) is 1. The van der Waals surface area contributed by atoms with Gasteiger partial charge >= 0.3 is 0 Å². The number of hydrogen-bond acceptors (Lipinski definition) is 2. The number of nitrogens with one attached hydrogen (secondary N) is 1. The first kappa shape index (κ1) is 14.2. The monoisotopic (exact) mass is 361 g/mol. The first-order valence-corrected chi connectivity index (χ1v) is 7.67. The molecule has 3 rings (SSSR count). The molecule has 0 fully saturated rings. The molecule has 0 atom stereocenters. The fraction of sp³-hybridized carbons (Fsp3) is 0.0625. The third-order valence-electron chi connectivity index (χ3n) is 3.11. The Kier molecular flexibility index (Phi) is 4.27. The molecule has 0 aliphatic heterocycles. The van der Waals surface area contributed by atoms with Gasteiger partial charge in [0.25, 0.3) is 0 Å². The highest BCUT2D eigenvalue weighted by Crippen LogP contribution is 2.22. The van der Waals surface area contributed by atoms with Crippen molar-refractivity contribution in [2.45, 2.75) is 6.54 Å². The van der Waals surface area contributed by atoms with E-state index >= 15 is 0 Å². The highest BCUT2D eigenvalue weighted by atomic mass is 79.9. The maximum Gasteiger partial charge on any atom is 0.0666 e. The van der Waals surface area contributed by atoms with E-state index in [0.29, 0.717) is 6.54 Å². The lowest BCUT2D eigenvalue weighted by atomic mass is 10.2. The summed E-state index contributed by atoms with van der Waals surface area (Å²) in [5.74, 6) is 0. The van der Waals surface area contributed by atoms with Crippen LogP contribution in [0.15, 0.2) is 65.4 Å². The standard InChI is InChI=1S/C16H13BrClN3/c17-16-6-5-13(18)9-12(16)11-19-14-3-1-4-15(10-14)21-8-2-7-20-21/h1-10,19H,11H2. The predicted octanol–water partition coefficient (Wildman–Crippen LogP) is 4.90. The Bertz CT molecular complexity index is 741. The summed E-state index contributed by atoms with van der Waals surface area (Å²) in [7, 11) is 0. The van der Waals surface area contributed by atoms with Crippen molar-refractivity contribution in [1.82, 2.24) is 9.78 Å². The molecule has 2 aromatic carbocycles. The Hall–Kier alpha value is -1.78. The van der Waals surface area contributed by atoms with Crippen LogP contribution in [0.2, 0.25) is 5.02 Å². The van der Waals surface area contributed by atoms with Crippen LogP contribution in [-0.2, 0) is 6.54 Å². The number of nitrogens with zero attached hydrogens (tertiary/aromatic N) is 2. The van der Waals surface area contributed by atoms with E-state index in [0.717, 1.165) is 26.4 Å². The Morgan fingerprint density at radius 1 is 1.14 bits per heavy atom. The van der Waals surface area contributed by atoms with Crippen molar-refractivity contribution in [2.75, 3.05) is 5.32 Å². The van der Waals surface area contributed by atoms with Crippen LogP contribution in [0, 0.1) is 0 Å². The summed E-state index contributed by atoms with van der Waals surface area (Å²) < 4.78 is 2.88.